The van der Waals surface area contributed by atoms with E-state index in [4.69, 9.17) is 20.3 Å². The fourth-order valence-corrected chi connectivity index (χ4v) is 1.54. The summed E-state index contributed by atoms with van der Waals surface area (Å²) in [5, 5.41) is 18.6. The van der Waals surface area contributed by atoms with E-state index in [0.717, 1.165) is 0 Å². The van der Waals surface area contributed by atoms with Crippen LogP contribution in [-0.2, 0) is 9.47 Å². The van der Waals surface area contributed by atoms with Crippen molar-refractivity contribution in [3.8, 4) is 0 Å². The Balaban J connectivity index is 2.66. The molecule has 0 aliphatic carbocycles. The molecule has 0 aromatic heterocycles. The van der Waals surface area contributed by atoms with E-state index in [-0.39, 0.29) is 12.5 Å². The summed E-state index contributed by atoms with van der Waals surface area (Å²) in [6.07, 6.45) is -1.74. The lowest BCUT2D eigenvalue weighted by Gasteiger charge is -2.40. The fraction of sp³-hybridized carbons (Fsp3) is 1.00. The van der Waals surface area contributed by atoms with E-state index < -0.39 is 24.5 Å². The topological polar surface area (TPSA) is 84.9 Å². The molecule has 0 amide bonds. The second kappa shape index (κ2) is 4.34. The van der Waals surface area contributed by atoms with Crippen LogP contribution in [0.4, 0.5) is 0 Å². The number of hydrogen-bond acceptors (Lipinski definition) is 5. The van der Waals surface area contributed by atoms with Gasteiger partial charge in [-0.05, 0) is 0 Å². The number of hydrogen-bond donors (Lipinski definition) is 3. The van der Waals surface area contributed by atoms with E-state index in [1.54, 1.807) is 6.92 Å². The molecule has 5 nitrogen and oxygen atoms in total. The minimum absolute atomic E-state index is 0.134. The van der Waals surface area contributed by atoms with Gasteiger partial charge in [-0.2, -0.15) is 0 Å². The Morgan fingerprint density at radius 1 is 1.54 bits per heavy atom. The molecule has 0 saturated carbocycles. The maximum absolute atomic E-state index is 9.65. The highest BCUT2D eigenvalue weighted by atomic mass is 16.7. The van der Waals surface area contributed by atoms with Gasteiger partial charge in [0.1, 0.15) is 0 Å². The predicted octanol–water partition coefficient (Wildman–Crippen LogP) is -1.33. The first-order valence-electron chi connectivity index (χ1n) is 4.34. The summed E-state index contributed by atoms with van der Waals surface area (Å²) in [4.78, 5) is 0. The van der Waals surface area contributed by atoms with E-state index in [9.17, 15) is 5.11 Å². The van der Waals surface area contributed by atoms with Crippen LogP contribution in [0, 0.1) is 5.92 Å². The van der Waals surface area contributed by atoms with E-state index in [0.29, 0.717) is 0 Å². The van der Waals surface area contributed by atoms with Gasteiger partial charge in [-0.25, -0.2) is 0 Å². The molecular weight excluding hydrogens is 174 g/mol. The number of ether oxygens (including phenoxy) is 2. The molecule has 2 unspecified atom stereocenters. The van der Waals surface area contributed by atoms with Crippen LogP contribution in [0.25, 0.3) is 0 Å². The quantitative estimate of drug-likeness (QED) is 0.504. The maximum atomic E-state index is 9.65. The van der Waals surface area contributed by atoms with Crippen LogP contribution in [0.2, 0.25) is 0 Å². The highest BCUT2D eigenvalue weighted by Gasteiger charge is 2.40. The smallest absolute Gasteiger partial charge is 0.175 e. The van der Waals surface area contributed by atoms with Crippen LogP contribution in [0.1, 0.15) is 6.92 Å². The van der Waals surface area contributed by atoms with Gasteiger partial charge in [0.25, 0.3) is 0 Å². The third kappa shape index (κ3) is 2.00. The van der Waals surface area contributed by atoms with Crippen molar-refractivity contribution in [3.05, 3.63) is 0 Å². The van der Waals surface area contributed by atoms with Gasteiger partial charge in [0.15, 0.2) is 6.29 Å². The molecule has 0 spiro atoms. The van der Waals surface area contributed by atoms with Crippen molar-refractivity contribution in [1.82, 2.24) is 0 Å². The first-order chi connectivity index (χ1) is 6.11. The number of aliphatic hydroxyl groups is 2. The molecule has 13 heavy (non-hydrogen) atoms. The Morgan fingerprint density at radius 2 is 2.15 bits per heavy atom. The van der Waals surface area contributed by atoms with E-state index in [1.807, 2.05) is 0 Å². The van der Waals surface area contributed by atoms with E-state index in [2.05, 4.69) is 0 Å². The number of methoxy groups -OCH3 is 1. The Kier molecular flexibility index (Phi) is 3.63. The van der Waals surface area contributed by atoms with Gasteiger partial charge in [-0.3, -0.25) is 0 Å². The third-order valence-electron chi connectivity index (χ3n) is 2.55. The molecular formula is C8H17NO4. The first-order valence-corrected chi connectivity index (χ1v) is 4.34. The largest absolute Gasteiger partial charge is 0.394 e. The molecule has 0 aromatic carbocycles. The van der Waals surface area contributed by atoms with Gasteiger partial charge >= 0.3 is 0 Å². The highest BCUT2D eigenvalue weighted by Crippen LogP contribution is 2.24. The molecule has 5 heteroatoms. The monoisotopic (exact) mass is 191 g/mol. The van der Waals surface area contributed by atoms with Crippen molar-refractivity contribution in [1.29, 1.82) is 0 Å². The van der Waals surface area contributed by atoms with Crippen molar-refractivity contribution in [2.75, 3.05) is 13.7 Å². The molecule has 1 aliphatic rings. The Bertz CT molecular complexity index is 146. The lowest BCUT2D eigenvalue weighted by Crippen LogP contribution is -2.58. The zero-order valence-electron chi connectivity index (χ0n) is 7.88. The summed E-state index contributed by atoms with van der Waals surface area (Å²) < 4.78 is 10.3. The summed E-state index contributed by atoms with van der Waals surface area (Å²) in [6, 6.07) is -0.553. The molecule has 1 saturated heterocycles. The average molecular weight is 191 g/mol. The van der Waals surface area contributed by atoms with Gasteiger partial charge in [0.2, 0.25) is 0 Å². The number of nitrogens with two attached hydrogens (primary N) is 1. The highest BCUT2D eigenvalue weighted by molar-refractivity contribution is 4.88. The third-order valence-corrected chi connectivity index (χ3v) is 2.55. The molecule has 1 fully saturated rings. The molecule has 5 atom stereocenters. The van der Waals surface area contributed by atoms with Crippen LogP contribution in [0.3, 0.4) is 0 Å². The van der Waals surface area contributed by atoms with E-state index in [1.165, 1.54) is 7.11 Å². The minimum Gasteiger partial charge on any atom is -0.394 e. The minimum atomic E-state index is -0.698. The lowest BCUT2D eigenvalue weighted by molar-refractivity contribution is -0.240. The SMILES string of the molecule is CO[C@H]1OC(CO)[C@H](C)[C@H](O)C1N. The molecule has 1 rings (SSSR count). The number of rotatable bonds is 2. The summed E-state index contributed by atoms with van der Waals surface area (Å²) in [6.45, 7) is 1.65. The van der Waals surface area contributed by atoms with Crippen LogP contribution >= 0.6 is 0 Å². The molecule has 0 radical (unpaired) electrons. The second-order valence-corrected chi connectivity index (χ2v) is 3.39. The van der Waals surface area contributed by atoms with Crippen LogP contribution in [-0.4, -0.2) is 48.5 Å². The zero-order valence-corrected chi connectivity index (χ0v) is 7.88. The van der Waals surface area contributed by atoms with Crippen molar-refractivity contribution in [3.63, 3.8) is 0 Å². The molecule has 1 heterocycles. The lowest BCUT2D eigenvalue weighted by atomic mass is 9.90. The van der Waals surface area contributed by atoms with Crippen LogP contribution in [0.5, 0.6) is 0 Å². The normalized spacial score (nSPS) is 46.4. The first kappa shape index (κ1) is 10.9. The van der Waals surface area contributed by atoms with Gasteiger partial charge in [0.05, 0.1) is 24.9 Å². The number of aliphatic hydroxyl groups excluding tert-OH is 2. The van der Waals surface area contributed by atoms with Gasteiger partial charge < -0.3 is 25.4 Å². The van der Waals surface area contributed by atoms with Crippen molar-refractivity contribution < 1.29 is 19.7 Å². The molecule has 0 aromatic rings. The molecule has 0 bridgehead atoms. The summed E-state index contributed by atoms with van der Waals surface area (Å²) >= 11 is 0. The molecule has 4 N–H and O–H groups in total. The summed E-state index contributed by atoms with van der Waals surface area (Å²) in [5.41, 5.74) is 5.66. The molecule has 1 aliphatic heterocycles. The van der Waals surface area contributed by atoms with Gasteiger partial charge in [-0.1, -0.05) is 6.92 Å². The van der Waals surface area contributed by atoms with Crippen LogP contribution < -0.4 is 5.73 Å². The Hall–Kier alpha value is -0.200. The second-order valence-electron chi connectivity index (χ2n) is 3.39. The van der Waals surface area contributed by atoms with Crippen molar-refractivity contribution in [2.24, 2.45) is 11.7 Å². The van der Waals surface area contributed by atoms with Crippen LogP contribution in [0.15, 0.2) is 0 Å². The summed E-state index contributed by atoms with van der Waals surface area (Å²) in [5.74, 6) is -0.175. The zero-order chi connectivity index (χ0) is 10.0. The predicted molar refractivity (Wildman–Crippen MR) is 45.9 cm³/mol. The maximum Gasteiger partial charge on any atom is 0.175 e. The molecule has 78 valence electrons. The summed E-state index contributed by atoms with van der Waals surface area (Å²) in [7, 11) is 1.46. The van der Waals surface area contributed by atoms with Gasteiger partial charge in [0, 0.05) is 13.0 Å². The Labute approximate surface area is 77.4 Å². The van der Waals surface area contributed by atoms with E-state index >= 15 is 0 Å². The Morgan fingerprint density at radius 3 is 2.62 bits per heavy atom. The van der Waals surface area contributed by atoms with Crippen molar-refractivity contribution >= 4 is 0 Å². The fourth-order valence-electron chi connectivity index (χ4n) is 1.54. The standard InChI is InChI=1S/C8H17NO4/c1-4-5(3-10)13-8(12-2)6(9)7(4)11/h4-8,10-11H,3,9H2,1-2H3/t4-,5?,6?,7-,8-/m0/s1. The average Bonchev–Trinajstić information content (AvgIpc) is 2.15. The van der Waals surface area contributed by atoms with Crippen molar-refractivity contribution in [2.45, 2.75) is 31.5 Å². The van der Waals surface area contributed by atoms with Gasteiger partial charge in [-0.15, -0.1) is 0 Å².